The minimum Gasteiger partial charge on any atom is -0.487 e. The Morgan fingerprint density at radius 2 is 1.79 bits per heavy atom. The van der Waals surface area contributed by atoms with Crippen molar-refractivity contribution in [3.8, 4) is 5.75 Å². The van der Waals surface area contributed by atoms with Crippen molar-refractivity contribution in [3.63, 3.8) is 0 Å². The Kier molecular flexibility index (Phi) is 10.8. The molecule has 0 aliphatic heterocycles. The Labute approximate surface area is 269 Å². The fraction of sp³-hybridized carbons (Fsp3) is 0.344. The average Bonchev–Trinajstić information content (AvgIpc) is 2.99. The number of nitro benzene ring substituents is 1. The SMILES string of the molecule is CC(C)(C)OC(=O)[C@H](Cc1ccc(OCCCCc2ccc3cccnc3n2)c([N+](=O)[O-])c1)NS(=O)(=O)c1cccc(C(F)(F)F)c1. The van der Waals surface area contributed by atoms with Gasteiger partial charge in [-0.3, -0.25) is 14.9 Å². The van der Waals surface area contributed by atoms with E-state index in [9.17, 15) is 36.5 Å². The number of nitrogens with one attached hydrogen (secondary N) is 1. The highest BCUT2D eigenvalue weighted by molar-refractivity contribution is 7.89. The number of ether oxygens (including phenoxy) is 2. The zero-order valence-electron chi connectivity index (χ0n) is 25.8. The summed E-state index contributed by atoms with van der Waals surface area (Å²) in [5.74, 6) is -1.04. The van der Waals surface area contributed by atoms with Crippen LogP contribution in [0.2, 0.25) is 0 Å². The van der Waals surface area contributed by atoms with Gasteiger partial charge in [0.1, 0.15) is 11.6 Å². The van der Waals surface area contributed by atoms with Crippen LogP contribution < -0.4 is 9.46 Å². The van der Waals surface area contributed by atoms with Crippen molar-refractivity contribution in [2.45, 2.75) is 69.2 Å². The van der Waals surface area contributed by atoms with Crippen LogP contribution in [0, 0.1) is 10.1 Å². The van der Waals surface area contributed by atoms with Gasteiger partial charge in [-0.15, -0.1) is 0 Å². The van der Waals surface area contributed by atoms with Gasteiger partial charge in [0.2, 0.25) is 10.0 Å². The zero-order chi connectivity index (χ0) is 34.4. The first kappa shape index (κ1) is 35.2. The minimum absolute atomic E-state index is 0.0230. The van der Waals surface area contributed by atoms with E-state index in [1.54, 1.807) is 27.0 Å². The maximum Gasteiger partial charge on any atom is 0.416 e. The monoisotopic (exact) mass is 674 g/mol. The van der Waals surface area contributed by atoms with Crippen molar-refractivity contribution < 1.29 is 40.8 Å². The number of aryl methyl sites for hydroxylation is 1. The highest BCUT2D eigenvalue weighted by Gasteiger charge is 2.34. The van der Waals surface area contributed by atoms with Gasteiger partial charge in [-0.1, -0.05) is 12.1 Å². The summed E-state index contributed by atoms with van der Waals surface area (Å²) < 4.78 is 79.1. The van der Waals surface area contributed by atoms with Gasteiger partial charge < -0.3 is 9.47 Å². The van der Waals surface area contributed by atoms with Crippen LogP contribution >= 0.6 is 0 Å². The van der Waals surface area contributed by atoms with E-state index in [0.717, 1.165) is 29.3 Å². The number of rotatable bonds is 13. The second-order valence-corrected chi connectivity index (χ2v) is 13.4. The Morgan fingerprint density at radius 1 is 1.02 bits per heavy atom. The topological polar surface area (TPSA) is 151 Å². The molecule has 2 heterocycles. The Morgan fingerprint density at radius 3 is 2.49 bits per heavy atom. The van der Waals surface area contributed by atoms with Crippen LogP contribution in [0.3, 0.4) is 0 Å². The summed E-state index contributed by atoms with van der Waals surface area (Å²) in [6.45, 7) is 4.82. The van der Waals surface area contributed by atoms with Crippen LogP contribution in [0.5, 0.6) is 5.75 Å². The molecule has 0 fully saturated rings. The van der Waals surface area contributed by atoms with E-state index in [-0.39, 0.29) is 17.9 Å². The number of fused-ring (bicyclic) bond motifs is 1. The molecule has 4 rings (SSSR count). The highest BCUT2D eigenvalue weighted by Crippen LogP contribution is 2.31. The fourth-order valence-electron chi connectivity index (χ4n) is 4.55. The number of aromatic nitrogens is 2. The van der Waals surface area contributed by atoms with E-state index in [1.807, 2.05) is 24.3 Å². The molecular weight excluding hydrogens is 641 g/mol. The molecule has 15 heteroatoms. The first-order valence-corrected chi connectivity index (χ1v) is 16.0. The van der Waals surface area contributed by atoms with E-state index in [1.165, 1.54) is 12.1 Å². The summed E-state index contributed by atoms with van der Waals surface area (Å²) in [6.07, 6.45) is -1.62. The third-order valence-electron chi connectivity index (χ3n) is 6.73. The molecule has 11 nitrogen and oxygen atoms in total. The quantitative estimate of drug-likeness (QED) is 0.0758. The van der Waals surface area contributed by atoms with E-state index < -0.39 is 61.3 Å². The zero-order valence-corrected chi connectivity index (χ0v) is 26.6. The Balaban J connectivity index is 1.46. The lowest BCUT2D eigenvalue weighted by molar-refractivity contribution is -0.385. The standard InChI is InChI=1S/C32H33F3N4O7S/c1-31(2,3)46-30(40)26(38-47(43,44)25-11-6-9-23(20-25)32(33,34)35)18-21-12-15-28(27(19-21)39(41)42)45-17-5-4-10-24-14-13-22-8-7-16-36-29(22)37-24/h6-9,11-16,19-20,26,38H,4-5,10,17-18H2,1-3H3/t26-/m0/s1. The second-order valence-electron chi connectivity index (χ2n) is 11.7. The van der Waals surface area contributed by atoms with Crippen LogP contribution in [0.1, 0.15) is 50.4 Å². The number of nitro groups is 1. The molecule has 0 aliphatic rings. The van der Waals surface area contributed by atoms with Crippen molar-refractivity contribution >= 4 is 32.7 Å². The smallest absolute Gasteiger partial charge is 0.416 e. The number of nitrogens with zero attached hydrogens (tertiary/aromatic N) is 3. The van der Waals surface area contributed by atoms with Crippen molar-refractivity contribution in [1.29, 1.82) is 0 Å². The average molecular weight is 675 g/mol. The van der Waals surface area contributed by atoms with Crippen molar-refractivity contribution in [3.05, 3.63) is 99.9 Å². The normalized spacial score (nSPS) is 12.9. The van der Waals surface area contributed by atoms with Gasteiger partial charge in [0.25, 0.3) is 0 Å². The summed E-state index contributed by atoms with van der Waals surface area (Å²) in [7, 11) is -4.66. The number of carbonyl (C=O) groups is 1. The lowest BCUT2D eigenvalue weighted by Gasteiger charge is -2.25. The first-order chi connectivity index (χ1) is 22.0. The third-order valence-corrected chi connectivity index (χ3v) is 8.20. The van der Waals surface area contributed by atoms with Gasteiger partial charge in [-0.2, -0.15) is 17.9 Å². The maximum absolute atomic E-state index is 13.2. The fourth-order valence-corrected chi connectivity index (χ4v) is 5.78. The van der Waals surface area contributed by atoms with Crippen LogP contribution in [0.15, 0.2) is 77.8 Å². The first-order valence-electron chi connectivity index (χ1n) is 14.5. The number of alkyl halides is 3. The van der Waals surface area contributed by atoms with Gasteiger partial charge in [0.15, 0.2) is 11.4 Å². The number of benzene rings is 2. The largest absolute Gasteiger partial charge is 0.487 e. The summed E-state index contributed by atoms with van der Waals surface area (Å²) in [4.78, 5) is 32.4. The molecule has 1 atom stereocenters. The van der Waals surface area contributed by atoms with Crippen molar-refractivity contribution in [2.24, 2.45) is 0 Å². The molecule has 0 amide bonds. The number of unbranched alkanes of at least 4 members (excludes halogenated alkanes) is 1. The number of hydrogen-bond donors (Lipinski definition) is 1. The summed E-state index contributed by atoms with van der Waals surface area (Å²) >= 11 is 0. The molecule has 4 aromatic rings. The molecule has 0 spiro atoms. The van der Waals surface area contributed by atoms with Gasteiger partial charge in [0, 0.05) is 23.3 Å². The molecular formula is C32H33F3N4O7S. The van der Waals surface area contributed by atoms with E-state index in [4.69, 9.17) is 9.47 Å². The van der Waals surface area contributed by atoms with Gasteiger partial charge in [-0.05, 0) is 101 Å². The number of pyridine rings is 2. The molecule has 0 unspecified atom stereocenters. The van der Waals surface area contributed by atoms with E-state index >= 15 is 0 Å². The molecule has 0 aliphatic carbocycles. The third kappa shape index (κ3) is 9.93. The predicted octanol–water partition coefficient (Wildman–Crippen LogP) is 6.19. The van der Waals surface area contributed by atoms with Crippen LogP contribution in [0.25, 0.3) is 11.0 Å². The van der Waals surface area contributed by atoms with Gasteiger partial charge >= 0.3 is 17.8 Å². The molecule has 2 aromatic carbocycles. The number of halogens is 3. The number of sulfonamides is 1. The highest BCUT2D eigenvalue weighted by atomic mass is 32.2. The molecule has 0 radical (unpaired) electrons. The number of carbonyl (C=O) groups excluding carboxylic acids is 1. The van der Waals surface area contributed by atoms with E-state index in [0.29, 0.717) is 37.0 Å². The predicted molar refractivity (Wildman–Crippen MR) is 166 cm³/mol. The molecule has 0 bridgehead atoms. The molecule has 1 N–H and O–H groups in total. The van der Waals surface area contributed by atoms with Crippen molar-refractivity contribution in [1.82, 2.24) is 14.7 Å². The molecule has 250 valence electrons. The summed E-state index contributed by atoms with van der Waals surface area (Å²) in [5, 5.41) is 12.8. The lowest BCUT2D eigenvalue weighted by Crippen LogP contribution is -2.45. The molecule has 0 saturated heterocycles. The molecule has 2 aromatic heterocycles. The van der Waals surface area contributed by atoms with Crippen LogP contribution in [-0.4, -0.2) is 47.5 Å². The molecule has 47 heavy (non-hydrogen) atoms. The summed E-state index contributed by atoms with van der Waals surface area (Å²) in [6, 6.07) is 13.0. The summed E-state index contributed by atoms with van der Waals surface area (Å²) in [5.41, 5.74) is -0.953. The van der Waals surface area contributed by atoms with Crippen molar-refractivity contribution in [2.75, 3.05) is 6.61 Å². The maximum atomic E-state index is 13.2. The molecule has 0 saturated carbocycles. The number of hydrogen-bond acceptors (Lipinski definition) is 9. The number of esters is 1. The van der Waals surface area contributed by atoms with E-state index in [2.05, 4.69) is 14.7 Å². The second kappa shape index (κ2) is 14.4. The lowest BCUT2D eigenvalue weighted by atomic mass is 10.0. The Bertz CT molecular complexity index is 1860. The van der Waals surface area contributed by atoms with Gasteiger partial charge in [0.05, 0.1) is 22.0 Å². The van der Waals surface area contributed by atoms with Crippen LogP contribution in [0.4, 0.5) is 18.9 Å². The van der Waals surface area contributed by atoms with Crippen LogP contribution in [-0.2, 0) is 38.6 Å². The minimum atomic E-state index is -4.80. The Hall–Kier alpha value is -4.63. The van der Waals surface area contributed by atoms with Gasteiger partial charge in [-0.25, -0.2) is 18.4 Å².